The first-order valence-corrected chi connectivity index (χ1v) is 10.1. The van der Waals surface area contributed by atoms with E-state index in [1.165, 1.54) is 12.1 Å². The number of hydrogen-bond donors (Lipinski definition) is 2. The molecule has 0 aliphatic heterocycles. The predicted octanol–water partition coefficient (Wildman–Crippen LogP) is 3.47. The molecule has 0 fully saturated rings. The van der Waals surface area contributed by atoms with Crippen molar-refractivity contribution in [1.29, 1.82) is 0 Å². The number of carbonyl (C=O) groups excluding carboxylic acids is 2. The fourth-order valence-electron chi connectivity index (χ4n) is 2.43. The Balaban J connectivity index is 2.26. The first-order chi connectivity index (χ1) is 12.4. The summed E-state index contributed by atoms with van der Waals surface area (Å²) in [6.45, 7) is 3.52. The standard InChI is InChI=1S/C19H22N2O4S/c1-3-12-26(24,25)17-11-6-5-10-16(17)19(23)21-15-9-7-8-14(13-15)20-18(22)4-2/h5-11,13H,3-4,12H2,1-2H3,(H,20,22)(H,21,23). The van der Waals surface area contributed by atoms with Crippen molar-refractivity contribution in [1.82, 2.24) is 0 Å². The third-order valence-electron chi connectivity index (χ3n) is 3.66. The molecule has 7 heteroatoms. The molecule has 0 aliphatic rings. The zero-order chi connectivity index (χ0) is 19.2. The Hall–Kier alpha value is -2.67. The average molecular weight is 374 g/mol. The van der Waals surface area contributed by atoms with Crippen LogP contribution in [0, 0.1) is 0 Å². The first kappa shape index (κ1) is 19.7. The summed E-state index contributed by atoms with van der Waals surface area (Å²) < 4.78 is 24.8. The van der Waals surface area contributed by atoms with Crippen molar-refractivity contribution in [3.63, 3.8) is 0 Å². The van der Waals surface area contributed by atoms with E-state index in [-0.39, 0.29) is 22.1 Å². The van der Waals surface area contributed by atoms with Crippen LogP contribution < -0.4 is 10.6 Å². The topological polar surface area (TPSA) is 92.3 Å². The molecule has 0 aromatic heterocycles. The van der Waals surface area contributed by atoms with Crippen molar-refractivity contribution in [2.45, 2.75) is 31.6 Å². The van der Waals surface area contributed by atoms with Crippen LogP contribution in [0.25, 0.3) is 0 Å². The van der Waals surface area contributed by atoms with Crippen LogP contribution in [0.4, 0.5) is 11.4 Å². The van der Waals surface area contributed by atoms with Crippen molar-refractivity contribution in [3.8, 4) is 0 Å². The molecule has 0 heterocycles. The van der Waals surface area contributed by atoms with Gasteiger partial charge in [-0.3, -0.25) is 9.59 Å². The lowest BCUT2D eigenvalue weighted by molar-refractivity contribution is -0.115. The molecule has 0 unspecified atom stereocenters. The summed E-state index contributed by atoms with van der Waals surface area (Å²) in [4.78, 5) is 24.1. The Morgan fingerprint density at radius 3 is 2.23 bits per heavy atom. The summed E-state index contributed by atoms with van der Waals surface area (Å²) in [6.07, 6.45) is 0.816. The van der Waals surface area contributed by atoms with Crippen molar-refractivity contribution < 1.29 is 18.0 Å². The molecule has 0 atom stereocenters. The Morgan fingerprint density at radius 1 is 0.923 bits per heavy atom. The van der Waals surface area contributed by atoms with E-state index in [1.807, 2.05) is 0 Å². The molecule has 0 spiro atoms. The van der Waals surface area contributed by atoms with E-state index >= 15 is 0 Å². The third kappa shape index (κ3) is 4.92. The van der Waals surface area contributed by atoms with E-state index < -0.39 is 15.7 Å². The Morgan fingerprint density at radius 2 is 1.58 bits per heavy atom. The number of rotatable bonds is 7. The van der Waals surface area contributed by atoms with Gasteiger partial charge < -0.3 is 10.6 Å². The van der Waals surface area contributed by atoms with Gasteiger partial charge in [-0.15, -0.1) is 0 Å². The highest BCUT2D eigenvalue weighted by atomic mass is 32.2. The van der Waals surface area contributed by atoms with Crippen molar-refractivity contribution >= 4 is 33.0 Å². The molecular weight excluding hydrogens is 352 g/mol. The number of carbonyl (C=O) groups is 2. The van der Waals surface area contributed by atoms with Gasteiger partial charge in [-0.2, -0.15) is 0 Å². The average Bonchev–Trinajstić information content (AvgIpc) is 2.62. The summed E-state index contributed by atoms with van der Waals surface area (Å²) in [7, 11) is -3.52. The first-order valence-electron chi connectivity index (χ1n) is 8.40. The molecule has 2 aromatic carbocycles. The number of sulfone groups is 1. The van der Waals surface area contributed by atoms with E-state index in [2.05, 4.69) is 10.6 Å². The van der Waals surface area contributed by atoms with Crippen molar-refractivity contribution in [3.05, 3.63) is 54.1 Å². The number of anilines is 2. The number of benzene rings is 2. The van der Waals surface area contributed by atoms with Gasteiger partial charge in [0.05, 0.1) is 16.2 Å². The molecule has 0 saturated carbocycles. The minimum Gasteiger partial charge on any atom is -0.326 e. The Labute approximate surface area is 153 Å². The number of hydrogen-bond acceptors (Lipinski definition) is 4. The molecule has 0 aliphatic carbocycles. The van der Waals surface area contributed by atoms with Gasteiger partial charge in [0.1, 0.15) is 0 Å². The highest BCUT2D eigenvalue weighted by Gasteiger charge is 2.21. The molecule has 6 nitrogen and oxygen atoms in total. The van der Waals surface area contributed by atoms with E-state index in [0.29, 0.717) is 24.2 Å². The highest BCUT2D eigenvalue weighted by molar-refractivity contribution is 7.91. The van der Waals surface area contributed by atoms with Gasteiger partial charge in [0.15, 0.2) is 9.84 Å². The van der Waals surface area contributed by atoms with E-state index in [0.717, 1.165) is 0 Å². The monoisotopic (exact) mass is 374 g/mol. The van der Waals surface area contributed by atoms with Crippen LogP contribution in [0.1, 0.15) is 37.0 Å². The Kier molecular flexibility index (Phi) is 6.52. The lowest BCUT2D eigenvalue weighted by Crippen LogP contribution is -2.18. The van der Waals surface area contributed by atoms with Crippen molar-refractivity contribution in [2.24, 2.45) is 0 Å². The zero-order valence-corrected chi connectivity index (χ0v) is 15.6. The summed E-state index contributed by atoms with van der Waals surface area (Å²) in [5, 5.41) is 5.40. The number of nitrogens with one attached hydrogen (secondary N) is 2. The fourth-order valence-corrected chi connectivity index (χ4v) is 3.97. The second-order valence-corrected chi connectivity index (χ2v) is 7.83. The molecule has 0 saturated heterocycles. The molecule has 2 rings (SSSR count). The summed E-state index contributed by atoms with van der Waals surface area (Å²) in [6, 6.07) is 12.8. The Bertz CT molecular complexity index is 907. The van der Waals surface area contributed by atoms with Gasteiger partial charge in [-0.25, -0.2) is 8.42 Å². The second-order valence-electron chi connectivity index (χ2n) is 5.75. The number of amides is 2. The van der Waals surface area contributed by atoms with Gasteiger partial charge in [0, 0.05) is 17.8 Å². The molecule has 2 amide bonds. The lowest BCUT2D eigenvalue weighted by atomic mass is 10.2. The van der Waals surface area contributed by atoms with Gasteiger partial charge in [-0.05, 0) is 36.8 Å². The van der Waals surface area contributed by atoms with Crippen molar-refractivity contribution in [2.75, 3.05) is 16.4 Å². The summed E-state index contributed by atoms with van der Waals surface area (Å²) in [5.74, 6) is -0.667. The van der Waals surface area contributed by atoms with Crippen LogP contribution in [-0.4, -0.2) is 26.0 Å². The maximum Gasteiger partial charge on any atom is 0.256 e. The summed E-state index contributed by atoms with van der Waals surface area (Å²) >= 11 is 0. The minimum absolute atomic E-state index is 0.0180. The zero-order valence-electron chi connectivity index (χ0n) is 14.8. The highest BCUT2D eigenvalue weighted by Crippen LogP contribution is 2.21. The van der Waals surface area contributed by atoms with Gasteiger partial charge in [0.25, 0.3) is 5.91 Å². The fraction of sp³-hybridized carbons (Fsp3) is 0.263. The van der Waals surface area contributed by atoms with Gasteiger partial charge in [-0.1, -0.05) is 32.0 Å². The smallest absolute Gasteiger partial charge is 0.256 e. The van der Waals surface area contributed by atoms with Crippen LogP contribution in [0.2, 0.25) is 0 Å². The molecular formula is C19H22N2O4S. The van der Waals surface area contributed by atoms with Gasteiger partial charge in [0.2, 0.25) is 5.91 Å². The summed E-state index contributed by atoms with van der Waals surface area (Å²) in [5.41, 5.74) is 1.12. The largest absolute Gasteiger partial charge is 0.326 e. The molecule has 2 aromatic rings. The van der Waals surface area contributed by atoms with Crippen LogP contribution in [-0.2, 0) is 14.6 Å². The van der Waals surface area contributed by atoms with E-state index in [4.69, 9.17) is 0 Å². The van der Waals surface area contributed by atoms with Gasteiger partial charge >= 0.3 is 0 Å². The molecule has 138 valence electrons. The van der Waals surface area contributed by atoms with Crippen LogP contribution in [0.3, 0.4) is 0 Å². The van der Waals surface area contributed by atoms with Crippen LogP contribution >= 0.6 is 0 Å². The SMILES string of the molecule is CCCS(=O)(=O)c1ccccc1C(=O)Nc1cccc(NC(=O)CC)c1. The van der Waals surface area contributed by atoms with Crippen LogP contribution in [0.5, 0.6) is 0 Å². The lowest BCUT2D eigenvalue weighted by Gasteiger charge is -2.11. The molecule has 0 bridgehead atoms. The maximum absolute atomic E-state index is 12.6. The quantitative estimate of drug-likeness (QED) is 0.776. The second kappa shape index (κ2) is 8.62. The molecule has 2 N–H and O–H groups in total. The minimum atomic E-state index is -3.52. The van der Waals surface area contributed by atoms with Crippen LogP contribution in [0.15, 0.2) is 53.4 Å². The predicted molar refractivity (Wildman–Crippen MR) is 102 cm³/mol. The molecule has 26 heavy (non-hydrogen) atoms. The van der Waals surface area contributed by atoms with E-state index in [1.54, 1.807) is 50.2 Å². The normalized spacial score (nSPS) is 11.0. The molecule has 0 radical (unpaired) electrons. The van der Waals surface area contributed by atoms with E-state index in [9.17, 15) is 18.0 Å². The third-order valence-corrected chi connectivity index (χ3v) is 5.64. The maximum atomic E-state index is 12.6.